The van der Waals surface area contributed by atoms with Gasteiger partial charge in [-0.2, -0.15) is 0 Å². The Labute approximate surface area is 88.8 Å². The van der Waals surface area contributed by atoms with Crippen LogP contribution in [0.2, 0.25) is 0 Å². The molecule has 0 fully saturated rings. The molecular weight excluding hydrogens is 188 g/mol. The molecule has 2 aromatic rings. The van der Waals surface area contributed by atoms with Crippen molar-refractivity contribution in [3.8, 4) is 0 Å². The Hall–Kier alpha value is -1.68. The molecule has 2 aromatic heterocycles. The first kappa shape index (κ1) is 9.86. The maximum atomic E-state index is 5.52. The van der Waals surface area contributed by atoms with E-state index in [4.69, 9.17) is 5.73 Å². The smallest absolute Gasteiger partial charge is 0.110 e. The molecule has 0 radical (unpaired) electrons. The van der Waals surface area contributed by atoms with Gasteiger partial charge in [0.25, 0.3) is 0 Å². The Bertz CT molecular complexity index is 408. The lowest BCUT2D eigenvalue weighted by Crippen LogP contribution is -2.10. The topological polar surface area (TPSA) is 56.7 Å². The molecule has 2 N–H and O–H groups in total. The fourth-order valence-electron chi connectivity index (χ4n) is 1.53. The molecule has 2 rings (SSSR count). The van der Waals surface area contributed by atoms with Crippen molar-refractivity contribution in [3.63, 3.8) is 0 Å². The molecule has 4 nitrogen and oxygen atoms in total. The second-order valence-corrected chi connectivity index (χ2v) is 3.37. The highest BCUT2D eigenvalue weighted by Gasteiger charge is 2.01. The highest BCUT2D eigenvalue weighted by atomic mass is 15.1. The SMILES string of the molecule is NCCc1nccn1Cc1ccncc1. The van der Waals surface area contributed by atoms with Gasteiger partial charge >= 0.3 is 0 Å². The van der Waals surface area contributed by atoms with Gasteiger partial charge in [-0.1, -0.05) is 0 Å². The first-order valence-electron chi connectivity index (χ1n) is 4.99. The van der Waals surface area contributed by atoms with Gasteiger partial charge in [0.2, 0.25) is 0 Å². The van der Waals surface area contributed by atoms with Crippen molar-refractivity contribution < 1.29 is 0 Å². The van der Waals surface area contributed by atoms with Crippen LogP contribution in [0, 0.1) is 0 Å². The first-order valence-corrected chi connectivity index (χ1v) is 4.99. The Morgan fingerprint density at radius 3 is 2.73 bits per heavy atom. The molecule has 0 atom stereocenters. The van der Waals surface area contributed by atoms with Crippen LogP contribution in [-0.2, 0) is 13.0 Å². The van der Waals surface area contributed by atoms with Crippen LogP contribution in [0.1, 0.15) is 11.4 Å². The summed E-state index contributed by atoms with van der Waals surface area (Å²) in [4.78, 5) is 8.26. The van der Waals surface area contributed by atoms with E-state index >= 15 is 0 Å². The predicted octanol–water partition coefficient (Wildman–Crippen LogP) is 0.828. The number of nitrogens with two attached hydrogens (primary N) is 1. The van der Waals surface area contributed by atoms with Crippen LogP contribution in [-0.4, -0.2) is 21.1 Å². The molecule has 0 saturated carbocycles. The van der Waals surface area contributed by atoms with E-state index in [2.05, 4.69) is 14.5 Å². The summed E-state index contributed by atoms with van der Waals surface area (Å²) in [5.74, 6) is 1.04. The second-order valence-electron chi connectivity index (χ2n) is 3.37. The summed E-state index contributed by atoms with van der Waals surface area (Å²) < 4.78 is 2.11. The molecule has 0 aromatic carbocycles. The Morgan fingerprint density at radius 1 is 1.20 bits per heavy atom. The van der Waals surface area contributed by atoms with E-state index < -0.39 is 0 Å². The van der Waals surface area contributed by atoms with E-state index in [0.29, 0.717) is 6.54 Å². The zero-order chi connectivity index (χ0) is 10.5. The van der Waals surface area contributed by atoms with Gasteiger partial charge in [-0.15, -0.1) is 0 Å². The standard InChI is InChI=1S/C11H14N4/c12-4-1-11-14-7-8-15(11)9-10-2-5-13-6-3-10/h2-3,5-8H,1,4,9,12H2. The lowest BCUT2D eigenvalue weighted by Gasteiger charge is -2.06. The number of hydrogen-bond donors (Lipinski definition) is 1. The molecular formula is C11H14N4. The predicted molar refractivity (Wildman–Crippen MR) is 58.3 cm³/mol. The number of rotatable bonds is 4. The number of pyridine rings is 1. The highest BCUT2D eigenvalue weighted by Crippen LogP contribution is 2.04. The van der Waals surface area contributed by atoms with E-state index in [-0.39, 0.29) is 0 Å². The minimum absolute atomic E-state index is 0.632. The largest absolute Gasteiger partial charge is 0.330 e. The van der Waals surface area contributed by atoms with E-state index in [9.17, 15) is 0 Å². The Kier molecular flexibility index (Phi) is 3.09. The van der Waals surface area contributed by atoms with Crippen LogP contribution in [0.15, 0.2) is 36.9 Å². The average Bonchev–Trinajstić information content (AvgIpc) is 2.68. The summed E-state index contributed by atoms with van der Waals surface area (Å²) >= 11 is 0. The van der Waals surface area contributed by atoms with Gasteiger partial charge in [0.1, 0.15) is 5.82 Å². The lowest BCUT2D eigenvalue weighted by atomic mass is 10.2. The Morgan fingerprint density at radius 2 is 2.00 bits per heavy atom. The summed E-state index contributed by atoms with van der Waals surface area (Å²) in [6, 6.07) is 4.01. The van der Waals surface area contributed by atoms with Crippen LogP contribution in [0.4, 0.5) is 0 Å². The van der Waals surface area contributed by atoms with Gasteiger partial charge in [-0.3, -0.25) is 4.98 Å². The molecule has 0 aliphatic heterocycles. The molecule has 15 heavy (non-hydrogen) atoms. The molecule has 0 saturated heterocycles. The Balaban J connectivity index is 2.14. The molecule has 0 amide bonds. The average molecular weight is 202 g/mol. The van der Waals surface area contributed by atoms with E-state index in [1.807, 2.05) is 24.5 Å². The maximum absolute atomic E-state index is 5.52. The molecule has 4 heteroatoms. The number of aromatic nitrogens is 3. The first-order chi connectivity index (χ1) is 7.40. The highest BCUT2D eigenvalue weighted by molar-refractivity contribution is 5.11. The van der Waals surface area contributed by atoms with Crippen molar-refractivity contribution in [1.29, 1.82) is 0 Å². The third-order valence-corrected chi connectivity index (χ3v) is 2.27. The zero-order valence-corrected chi connectivity index (χ0v) is 8.50. The van der Waals surface area contributed by atoms with Crippen LogP contribution < -0.4 is 5.73 Å². The molecule has 2 heterocycles. The lowest BCUT2D eigenvalue weighted by molar-refractivity contribution is 0.716. The number of hydrogen-bond acceptors (Lipinski definition) is 3. The van der Waals surface area contributed by atoms with Crippen molar-refractivity contribution in [2.45, 2.75) is 13.0 Å². The molecule has 0 aliphatic carbocycles. The van der Waals surface area contributed by atoms with Crippen molar-refractivity contribution in [2.24, 2.45) is 5.73 Å². The van der Waals surface area contributed by atoms with E-state index in [1.54, 1.807) is 12.4 Å². The molecule has 78 valence electrons. The van der Waals surface area contributed by atoms with Crippen molar-refractivity contribution in [2.75, 3.05) is 6.54 Å². The van der Waals surface area contributed by atoms with Gasteiger partial charge in [0, 0.05) is 37.8 Å². The van der Waals surface area contributed by atoms with Crippen LogP contribution in [0.5, 0.6) is 0 Å². The number of imidazole rings is 1. The van der Waals surface area contributed by atoms with Gasteiger partial charge in [-0.25, -0.2) is 4.98 Å². The summed E-state index contributed by atoms with van der Waals surface area (Å²) in [5.41, 5.74) is 6.74. The normalized spacial score (nSPS) is 10.5. The summed E-state index contributed by atoms with van der Waals surface area (Å²) in [7, 11) is 0. The fourth-order valence-corrected chi connectivity index (χ4v) is 1.53. The van der Waals surface area contributed by atoms with E-state index in [1.165, 1.54) is 5.56 Å². The van der Waals surface area contributed by atoms with Gasteiger partial charge in [-0.05, 0) is 24.2 Å². The van der Waals surface area contributed by atoms with Crippen LogP contribution in [0.25, 0.3) is 0 Å². The minimum Gasteiger partial charge on any atom is -0.330 e. The third kappa shape index (κ3) is 2.41. The second kappa shape index (κ2) is 4.70. The quantitative estimate of drug-likeness (QED) is 0.798. The minimum atomic E-state index is 0.632. The van der Waals surface area contributed by atoms with Crippen molar-refractivity contribution >= 4 is 0 Å². The number of nitrogens with zero attached hydrogens (tertiary/aromatic N) is 3. The fraction of sp³-hybridized carbons (Fsp3) is 0.273. The van der Waals surface area contributed by atoms with Crippen LogP contribution in [0.3, 0.4) is 0 Å². The third-order valence-electron chi connectivity index (χ3n) is 2.27. The molecule has 0 spiro atoms. The molecule has 0 aliphatic rings. The zero-order valence-electron chi connectivity index (χ0n) is 8.50. The molecule has 0 bridgehead atoms. The van der Waals surface area contributed by atoms with Crippen LogP contribution >= 0.6 is 0 Å². The summed E-state index contributed by atoms with van der Waals surface area (Å²) in [6.07, 6.45) is 8.21. The van der Waals surface area contributed by atoms with Crippen molar-refractivity contribution in [1.82, 2.24) is 14.5 Å². The molecule has 0 unspecified atom stereocenters. The monoisotopic (exact) mass is 202 g/mol. The van der Waals surface area contributed by atoms with Gasteiger partial charge < -0.3 is 10.3 Å². The maximum Gasteiger partial charge on any atom is 0.110 e. The van der Waals surface area contributed by atoms with Crippen molar-refractivity contribution in [3.05, 3.63) is 48.3 Å². The van der Waals surface area contributed by atoms with Gasteiger partial charge in [0.05, 0.1) is 0 Å². The summed E-state index contributed by atoms with van der Waals surface area (Å²) in [5, 5.41) is 0. The van der Waals surface area contributed by atoms with Gasteiger partial charge in [0.15, 0.2) is 0 Å². The summed E-state index contributed by atoms with van der Waals surface area (Å²) in [6.45, 7) is 1.46. The van der Waals surface area contributed by atoms with E-state index in [0.717, 1.165) is 18.8 Å².